The average molecular weight is 298 g/mol. The van der Waals surface area contributed by atoms with Gasteiger partial charge in [0.05, 0.1) is 28.3 Å². The summed E-state index contributed by atoms with van der Waals surface area (Å²) in [5.41, 5.74) is 1.05. The number of nitro benzene ring substituents is 1. The molecule has 0 saturated carbocycles. The molecular formula is C16H14N2O4. The van der Waals surface area contributed by atoms with E-state index in [1.807, 2.05) is 0 Å². The average Bonchev–Trinajstić information content (AvgIpc) is 2.53. The van der Waals surface area contributed by atoms with Gasteiger partial charge in [0.2, 0.25) is 0 Å². The summed E-state index contributed by atoms with van der Waals surface area (Å²) in [5, 5.41) is 11.0. The number of hydrogen-bond acceptors (Lipinski definition) is 5. The third-order valence-electron chi connectivity index (χ3n) is 2.88. The minimum atomic E-state index is -0.474. The van der Waals surface area contributed by atoms with Gasteiger partial charge in [-0.1, -0.05) is 24.3 Å². The van der Waals surface area contributed by atoms with Crippen LogP contribution >= 0.6 is 0 Å². The zero-order chi connectivity index (χ0) is 15.9. The highest BCUT2D eigenvalue weighted by atomic mass is 16.6. The first-order valence-electron chi connectivity index (χ1n) is 6.67. The Bertz CT molecular complexity index is 726. The first kappa shape index (κ1) is 15.4. The predicted molar refractivity (Wildman–Crippen MR) is 82.7 cm³/mol. The van der Waals surface area contributed by atoms with Crippen LogP contribution in [0, 0.1) is 10.1 Å². The molecule has 0 fully saturated rings. The number of para-hydroxylation sites is 2. The largest absolute Gasteiger partial charge is 0.462 e. The molecule has 2 aromatic rings. The van der Waals surface area contributed by atoms with Gasteiger partial charge >= 0.3 is 5.97 Å². The number of aliphatic imine (C=N–C) groups is 1. The number of nitro groups is 1. The van der Waals surface area contributed by atoms with Gasteiger partial charge < -0.3 is 4.74 Å². The van der Waals surface area contributed by atoms with Gasteiger partial charge in [0.15, 0.2) is 0 Å². The van der Waals surface area contributed by atoms with Crippen LogP contribution in [0.4, 0.5) is 11.4 Å². The summed E-state index contributed by atoms with van der Waals surface area (Å²) in [6.07, 6.45) is 1.37. The number of hydrogen-bond donors (Lipinski definition) is 0. The van der Waals surface area contributed by atoms with E-state index in [9.17, 15) is 14.9 Å². The Morgan fingerprint density at radius 1 is 1.23 bits per heavy atom. The first-order chi connectivity index (χ1) is 10.6. The summed E-state index contributed by atoms with van der Waals surface area (Å²) in [5.74, 6) is -0.474. The first-order valence-corrected chi connectivity index (χ1v) is 6.67. The second-order valence-electron chi connectivity index (χ2n) is 4.31. The molecule has 0 aromatic heterocycles. The van der Waals surface area contributed by atoms with Crippen LogP contribution in [0.25, 0.3) is 0 Å². The van der Waals surface area contributed by atoms with E-state index in [0.29, 0.717) is 16.8 Å². The van der Waals surface area contributed by atoms with E-state index in [1.165, 1.54) is 12.3 Å². The summed E-state index contributed by atoms with van der Waals surface area (Å²) in [6, 6.07) is 13.0. The van der Waals surface area contributed by atoms with Crippen molar-refractivity contribution in [2.24, 2.45) is 4.99 Å². The van der Waals surface area contributed by atoms with Crippen LogP contribution in [0.1, 0.15) is 22.8 Å². The quantitative estimate of drug-likeness (QED) is 0.366. The number of ether oxygens (including phenoxy) is 1. The predicted octanol–water partition coefficient (Wildman–Crippen LogP) is 3.52. The molecule has 6 heteroatoms. The molecule has 0 amide bonds. The molecule has 0 N–H and O–H groups in total. The summed E-state index contributed by atoms with van der Waals surface area (Å²) >= 11 is 0. The van der Waals surface area contributed by atoms with Gasteiger partial charge in [0.1, 0.15) is 0 Å². The minimum absolute atomic E-state index is 0.0418. The Labute approximate surface area is 127 Å². The fraction of sp³-hybridized carbons (Fsp3) is 0.125. The lowest BCUT2D eigenvalue weighted by atomic mass is 10.1. The van der Waals surface area contributed by atoms with Gasteiger partial charge in [0.25, 0.3) is 5.69 Å². The molecule has 22 heavy (non-hydrogen) atoms. The second-order valence-corrected chi connectivity index (χ2v) is 4.31. The molecule has 112 valence electrons. The monoisotopic (exact) mass is 298 g/mol. The van der Waals surface area contributed by atoms with Gasteiger partial charge in [0, 0.05) is 12.3 Å². The van der Waals surface area contributed by atoms with E-state index < -0.39 is 10.9 Å². The Balaban J connectivity index is 2.36. The van der Waals surface area contributed by atoms with Crippen LogP contribution in [0.3, 0.4) is 0 Å². The van der Waals surface area contributed by atoms with Crippen LogP contribution in [0.15, 0.2) is 53.5 Å². The molecule has 0 spiro atoms. The van der Waals surface area contributed by atoms with Crippen molar-refractivity contribution in [3.05, 3.63) is 69.8 Å². The van der Waals surface area contributed by atoms with E-state index in [2.05, 4.69) is 4.99 Å². The van der Waals surface area contributed by atoms with E-state index in [0.717, 1.165) is 0 Å². The molecule has 0 aliphatic carbocycles. The van der Waals surface area contributed by atoms with E-state index >= 15 is 0 Å². The summed E-state index contributed by atoms with van der Waals surface area (Å²) in [4.78, 5) is 26.5. The molecule has 0 radical (unpaired) electrons. The summed E-state index contributed by atoms with van der Waals surface area (Å²) in [7, 11) is 0. The van der Waals surface area contributed by atoms with Crippen molar-refractivity contribution in [1.29, 1.82) is 0 Å². The van der Waals surface area contributed by atoms with Crippen LogP contribution in [-0.4, -0.2) is 23.7 Å². The highest BCUT2D eigenvalue weighted by Crippen LogP contribution is 2.21. The maximum Gasteiger partial charge on any atom is 0.340 e. The normalized spacial score (nSPS) is 10.6. The van der Waals surface area contributed by atoms with E-state index in [4.69, 9.17) is 4.74 Å². The lowest BCUT2D eigenvalue weighted by molar-refractivity contribution is -0.385. The number of esters is 1. The van der Waals surface area contributed by atoms with Crippen molar-refractivity contribution in [2.75, 3.05) is 6.61 Å². The van der Waals surface area contributed by atoms with Gasteiger partial charge in [-0.15, -0.1) is 0 Å². The van der Waals surface area contributed by atoms with Crippen LogP contribution in [0.5, 0.6) is 0 Å². The fourth-order valence-electron chi connectivity index (χ4n) is 1.87. The van der Waals surface area contributed by atoms with Crippen molar-refractivity contribution in [3.63, 3.8) is 0 Å². The van der Waals surface area contributed by atoms with E-state index in [-0.39, 0.29) is 12.3 Å². The number of nitrogens with zero attached hydrogens (tertiary/aromatic N) is 2. The molecule has 0 aliphatic rings. The number of benzene rings is 2. The van der Waals surface area contributed by atoms with Gasteiger partial charge in [-0.2, -0.15) is 0 Å². The van der Waals surface area contributed by atoms with Crippen molar-refractivity contribution >= 4 is 23.6 Å². The van der Waals surface area contributed by atoms with Crippen LogP contribution in [0.2, 0.25) is 0 Å². The zero-order valence-corrected chi connectivity index (χ0v) is 11.9. The Kier molecular flexibility index (Phi) is 4.98. The van der Waals surface area contributed by atoms with Gasteiger partial charge in [-0.3, -0.25) is 15.1 Å². The molecule has 0 heterocycles. The Morgan fingerprint density at radius 2 is 1.91 bits per heavy atom. The van der Waals surface area contributed by atoms with Crippen molar-refractivity contribution in [2.45, 2.75) is 6.92 Å². The molecule has 0 atom stereocenters. The minimum Gasteiger partial charge on any atom is -0.462 e. The molecule has 0 bridgehead atoms. The number of carbonyl (C=O) groups is 1. The van der Waals surface area contributed by atoms with Crippen LogP contribution in [-0.2, 0) is 4.74 Å². The van der Waals surface area contributed by atoms with Crippen molar-refractivity contribution < 1.29 is 14.5 Å². The summed E-state index contributed by atoms with van der Waals surface area (Å²) < 4.78 is 4.96. The lowest BCUT2D eigenvalue weighted by Gasteiger charge is -2.04. The Hall–Kier alpha value is -3.02. The molecular weight excluding hydrogens is 284 g/mol. The molecule has 2 rings (SSSR count). The van der Waals surface area contributed by atoms with Crippen molar-refractivity contribution in [1.82, 2.24) is 0 Å². The van der Waals surface area contributed by atoms with Crippen molar-refractivity contribution in [3.8, 4) is 0 Å². The van der Waals surface area contributed by atoms with Gasteiger partial charge in [-0.05, 0) is 25.1 Å². The molecule has 0 saturated heterocycles. The fourth-order valence-corrected chi connectivity index (χ4v) is 1.87. The molecule has 0 unspecified atom stereocenters. The molecule has 0 aliphatic heterocycles. The second kappa shape index (κ2) is 7.12. The lowest BCUT2D eigenvalue weighted by Crippen LogP contribution is -2.04. The standard InChI is InChI=1S/C16H14N2O4/c1-2-22-16(19)13-8-4-5-9-14(13)17-11-12-7-3-6-10-15(12)18(20)21/h3-11H,2H2,1H3. The third-order valence-corrected chi connectivity index (χ3v) is 2.88. The van der Waals surface area contributed by atoms with Gasteiger partial charge in [-0.25, -0.2) is 4.79 Å². The SMILES string of the molecule is CCOC(=O)c1ccccc1N=Cc1ccccc1[N+](=O)[O-]. The zero-order valence-electron chi connectivity index (χ0n) is 11.9. The maximum absolute atomic E-state index is 11.8. The molecule has 6 nitrogen and oxygen atoms in total. The smallest absolute Gasteiger partial charge is 0.340 e. The highest BCUT2D eigenvalue weighted by molar-refractivity contribution is 5.96. The summed E-state index contributed by atoms with van der Waals surface area (Å²) in [6.45, 7) is 1.98. The number of carbonyl (C=O) groups excluding carboxylic acids is 1. The van der Waals surface area contributed by atoms with Crippen LogP contribution < -0.4 is 0 Å². The topological polar surface area (TPSA) is 81.8 Å². The highest BCUT2D eigenvalue weighted by Gasteiger charge is 2.12. The molecule has 2 aromatic carbocycles. The number of rotatable bonds is 5. The van der Waals surface area contributed by atoms with E-state index in [1.54, 1.807) is 49.4 Å². The maximum atomic E-state index is 11.8. The Morgan fingerprint density at radius 3 is 2.64 bits per heavy atom. The third kappa shape index (κ3) is 3.54.